The number of methoxy groups -OCH3 is 1. The minimum absolute atomic E-state index is 0.243. The highest BCUT2D eigenvalue weighted by molar-refractivity contribution is 6.29. The van der Waals surface area contributed by atoms with Crippen molar-refractivity contribution in [1.29, 1.82) is 0 Å². The number of carbonyl (C=O) groups is 1. The second kappa shape index (κ2) is 6.92. The average Bonchev–Trinajstić information content (AvgIpc) is 3.30. The average molecular weight is 399 g/mol. The fraction of sp³-hybridized carbons (Fsp3) is 0.476. The highest BCUT2D eigenvalue weighted by Crippen LogP contribution is 2.36. The van der Waals surface area contributed by atoms with Gasteiger partial charge in [-0.3, -0.25) is 9.78 Å². The quantitative estimate of drug-likeness (QED) is 0.741. The number of fused-ring (bicyclic) bond motifs is 3. The molecule has 5 rings (SSSR count). The third-order valence-corrected chi connectivity index (χ3v) is 6.38. The molecule has 0 N–H and O–H groups in total. The lowest BCUT2D eigenvalue weighted by atomic mass is 9.95. The van der Waals surface area contributed by atoms with Crippen LogP contribution >= 0.6 is 11.6 Å². The van der Waals surface area contributed by atoms with Crippen LogP contribution in [0, 0.1) is 5.92 Å². The summed E-state index contributed by atoms with van der Waals surface area (Å²) in [5.41, 5.74) is 6.20. The predicted molar refractivity (Wildman–Crippen MR) is 107 cm³/mol. The molecule has 1 fully saturated rings. The van der Waals surface area contributed by atoms with Gasteiger partial charge in [0.25, 0.3) is 0 Å². The van der Waals surface area contributed by atoms with Gasteiger partial charge in [0.15, 0.2) is 5.75 Å². The van der Waals surface area contributed by atoms with Crippen LogP contribution in [0.25, 0.3) is 0 Å². The number of rotatable bonds is 4. The molecule has 0 unspecified atom stereocenters. The Bertz CT molecular complexity index is 942. The van der Waals surface area contributed by atoms with E-state index >= 15 is 0 Å². The maximum Gasteiger partial charge on any atom is 0.223 e. The van der Waals surface area contributed by atoms with Crippen LogP contribution in [0.5, 0.6) is 5.75 Å². The largest absolute Gasteiger partial charge is 0.493 e. The molecule has 6 nitrogen and oxygen atoms in total. The highest BCUT2D eigenvalue weighted by Gasteiger charge is 2.34. The molecule has 2 aromatic rings. The number of ether oxygens (including phenoxy) is 1. The number of hydrogen-bond donors (Lipinski definition) is 0. The number of carbonyl (C=O) groups excluding carboxylic acids is 1. The Morgan fingerprint density at radius 1 is 1.21 bits per heavy atom. The molecule has 1 saturated heterocycles. The first-order valence-corrected chi connectivity index (χ1v) is 10.2. The minimum Gasteiger partial charge on any atom is -0.493 e. The molecule has 2 aliphatic heterocycles. The second-order valence-electron chi connectivity index (χ2n) is 7.94. The first kappa shape index (κ1) is 17.7. The summed E-state index contributed by atoms with van der Waals surface area (Å²) < 4.78 is 5.38. The van der Waals surface area contributed by atoms with Crippen molar-refractivity contribution < 1.29 is 9.53 Å². The molecule has 0 saturated carbocycles. The van der Waals surface area contributed by atoms with Gasteiger partial charge in [-0.15, -0.1) is 0 Å². The Morgan fingerprint density at radius 2 is 2.07 bits per heavy atom. The summed E-state index contributed by atoms with van der Waals surface area (Å²) in [7, 11) is 1.63. The monoisotopic (exact) mass is 398 g/mol. The van der Waals surface area contributed by atoms with Crippen molar-refractivity contribution in [2.45, 2.75) is 38.8 Å². The number of pyridine rings is 2. The number of aryl methyl sites for hydroxylation is 1. The van der Waals surface area contributed by atoms with Gasteiger partial charge in [-0.25, -0.2) is 4.98 Å². The second-order valence-corrected chi connectivity index (χ2v) is 8.33. The number of aromatic nitrogens is 2. The van der Waals surface area contributed by atoms with Crippen LogP contribution in [0.3, 0.4) is 0 Å². The summed E-state index contributed by atoms with van der Waals surface area (Å²) in [4.78, 5) is 25.7. The number of hydrogen-bond acceptors (Lipinski definition) is 5. The number of nitrogens with zero attached hydrogens (tertiary/aromatic N) is 4. The first-order chi connectivity index (χ1) is 13.6. The van der Waals surface area contributed by atoms with Gasteiger partial charge in [0.2, 0.25) is 5.91 Å². The maximum absolute atomic E-state index is 12.9. The Labute approximate surface area is 169 Å². The normalized spacial score (nSPS) is 18.1. The molecule has 3 aliphatic rings. The predicted octanol–water partition coefficient (Wildman–Crippen LogP) is 3.00. The summed E-state index contributed by atoms with van der Waals surface area (Å²) >= 11 is 6.03. The van der Waals surface area contributed by atoms with Crippen molar-refractivity contribution in [2.24, 2.45) is 5.92 Å². The number of halogens is 1. The fourth-order valence-corrected chi connectivity index (χ4v) is 4.82. The van der Waals surface area contributed by atoms with E-state index in [1.807, 2.05) is 17.2 Å². The van der Waals surface area contributed by atoms with Crippen LogP contribution in [-0.2, 0) is 30.7 Å². The molecule has 2 aromatic heterocycles. The molecule has 28 heavy (non-hydrogen) atoms. The van der Waals surface area contributed by atoms with Crippen LogP contribution in [0.2, 0.25) is 5.15 Å². The number of amides is 1. The molecule has 1 aliphatic carbocycles. The molecule has 0 spiro atoms. The van der Waals surface area contributed by atoms with Crippen molar-refractivity contribution in [3.05, 3.63) is 46.0 Å². The standard InChI is InChI=1S/C21H23ClN4O2/c1-28-19-8-24-20(22)6-18(19)25-9-13(10-25)5-21(27)26-11-14-7-23-17-4-2-3-15(17)16(14)12-26/h6-8,13H,2-5,9-12H2,1H3. The molecule has 0 bridgehead atoms. The highest BCUT2D eigenvalue weighted by atomic mass is 35.5. The Hall–Kier alpha value is -2.34. The third kappa shape index (κ3) is 3.00. The molecule has 0 aromatic carbocycles. The van der Waals surface area contributed by atoms with Gasteiger partial charge >= 0.3 is 0 Å². The summed E-state index contributed by atoms with van der Waals surface area (Å²) in [6.07, 6.45) is 7.59. The van der Waals surface area contributed by atoms with E-state index in [4.69, 9.17) is 16.3 Å². The van der Waals surface area contributed by atoms with Gasteiger partial charge in [0, 0.05) is 56.5 Å². The van der Waals surface area contributed by atoms with Crippen LogP contribution in [0.15, 0.2) is 18.5 Å². The van der Waals surface area contributed by atoms with Crippen molar-refractivity contribution in [1.82, 2.24) is 14.9 Å². The fourth-order valence-electron chi connectivity index (χ4n) is 4.67. The zero-order chi connectivity index (χ0) is 19.3. The van der Waals surface area contributed by atoms with Gasteiger partial charge in [-0.05, 0) is 36.0 Å². The van der Waals surface area contributed by atoms with E-state index in [-0.39, 0.29) is 5.91 Å². The maximum atomic E-state index is 12.9. The molecule has 0 atom stereocenters. The molecule has 7 heteroatoms. The van der Waals surface area contributed by atoms with Crippen molar-refractivity contribution in [2.75, 3.05) is 25.1 Å². The van der Waals surface area contributed by atoms with Crippen LogP contribution in [0.1, 0.15) is 35.2 Å². The molecule has 4 heterocycles. The molecular weight excluding hydrogens is 376 g/mol. The zero-order valence-corrected chi connectivity index (χ0v) is 16.7. The van der Waals surface area contributed by atoms with Gasteiger partial charge in [0.05, 0.1) is 19.0 Å². The zero-order valence-electron chi connectivity index (χ0n) is 15.9. The van der Waals surface area contributed by atoms with Gasteiger partial charge in [-0.1, -0.05) is 11.6 Å². The molecule has 0 radical (unpaired) electrons. The molecular formula is C21H23ClN4O2. The van der Waals surface area contributed by atoms with Crippen LogP contribution in [-0.4, -0.2) is 41.0 Å². The lowest BCUT2D eigenvalue weighted by Gasteiger charge is -2.41. The van der Waals surface area contributed by atoms with Crippen molar-refractivity contribution in [3.8, 4) is 5.75 Å². The van der Waals surface area contributed by atoms with Gasteiger partial charge < -0.3 is 14.5 Å². The van der Waals surface area contributed by atoms with E-state index in [0.717, 1.165) is 38.2 Å². The van der Waals surface area contributed by atoms with Crippen LogP contribution in [0.4, 0.5) is 5.69 Å². The van der Waals surface area contributed by atoms with Crippen LogP contribution < -0.4 is 9.64 Å². The van der Waals surface area contributed by atoms with E-state index in [9.17, 15) is 4.79 Å². The Morgan fingerprint density at radius 3 is 2.89 bits per heavy atom. The van der Waals surface area contributed by atoms with E-state index in [1.54, 1.807) is 13.3 Å². The summed E-state index contributed by atoms with van der Waals surface area (Å²) in [5, 5.41) is 0.450. The Kier molecular flexibility index (Phi) is 4.38. The summed E-state index contributed by atoms with van der Waals surface area (Å²) in [6, 6.07) is 1.82. The molecule has 1 amide bonds. The van der Waals surface area contributed by atoms with Gasteiger partial charge in [-0.2, -0.15) is 0 Å². The van der Waals surface area contributed by atoms with Crippen molar-refractivity contribution in [3.63, 3.8) is 0 Å². The first-order valence-electron chi connectivity index (χ1n) is 9.83. The molecule has 146 valence electrons. The smallest absolute Gasteiger partial charge is 0.223 e. The lowest BCUT2D eigenvalue weighted by Crippen LogP contribution is -2.48. The van der Waals surface area contributed by atoms with E-state index < -0.39 is 0 Å². The summed E-state index contributed by atoms with van der Waals surface area (Å²) in [6.45, 7) is 3.13. The lowest BCUT2D eigenvalue weighted by molar-refractivity contribution is -0.133. The van der Waals surface area contributed by atoms with E-state index in [1.165, 1.54) is 28.8 Å². The SMILES string of the molecule is COc1cnc(Cl)cc1N1CC(CC(=O)N2Cc3cnc4c(c3C2)CCC4)C1. The van der Waals surface area contributed by atoms with E-state index in [2.05, 4.69) is 14.9 Å². The minimum atomic E-state index is 0.243. The topological polar surface area (TPSA) is 58.6 Å². The van der Waals surface area contributed by atoms with Gasteiger partial charge in [0.1, 0.15) is 5.15 Å². The number of anilines is 1. The summed E-state index contributed by atoms with van der Waals surface area (Å²) in [5.74, 6) is 1.31. The Balaban J connectivity index is 1.20. The van der Waals surface area contributed by atoms with E-state index in [0.29, 0.717) is 29.8 Å². The van der Waals surface area contributed by atoms with Crippen molar-refractivity contribution >= 4 is 23.2 Å². The third-order valence-electron chi connectivity index (χ3n) is 6.17.